The van der Waals surface area contributed by atoms with Gasteiger partial charge in [-0.25, -0.2) is 4.79 Å². The Labute approximate surface area is 150 Å². The topological polar surface area (TPSA) is 88.9 Å². The molecule has 1 N–H and O–H groups in total. The van der Waals surface area contributed by atoms with Crippen molar-refractivity contribution in [3.05, 3.63) is 47.4 Å². The molecule has 0 saturated carbocycles. The summed E-state index contributed by atoms with van der Waals surface area (Å²) in [4.78, 5) is 38.4. The normalized spacial score (nSPS) is 16.5. The number of carbonyl (C=O) groups is 3. The first kappa shape index (κ1) is 17.7. The van der Waals surface area contributed by atoms with Gasteiger partial charge in [-0.1, -0.05) is 12.1 Å². The summed E-state index contributed by atoms with van der Waals surface area (Å²) in [6.45, 7) is 4.75. The Morgan fingerprint density at radius 3 is 2.73 bits per heavy atom. The summed E-state index contributed by atoms with van der Waals surface area (Å²) in [7, 11) is 0. The maximum absolute atomic E-state index is 12.7. The number of para-hydroxylation sites is 2. The number of ether oxygens (including phenoxy) is 1. The highest BCUT2D eigenvalue weighted by molar-refractivity contribution is 6.05. The third-order valence-corrected chi connectivity index (χ3v) is 4.22. The molecule has 0 fully saturated rings. The lowest BCUT2D eigenvalue weighted by atomic mass is 10.1. The zero-order valence-corrected chi connectivity index (χ0v) is 14.9. The smallest absolute Gasteiger partial charge is 0.342 e. The van der Waals surface area contributed by atoms with Crippen LogP contribution in [0, 0.1) is 13.8 Å². The van der Waals surface area contributed by atoms with Crippen LogP contribution in [0.3, 0.4) is 0 Å². The van der Waals surface area contributed by atoms with Crippen LogP contribution < -0.4 is 10.2 Å². The van der Waals surface area contributed by atoms with E-state index in [0.29, 0.717) is 28.5 Å². The fourth-order valence-electron chi connectivity index (χ4n) is 3.08. The standard InChI is InChI=1S/C19H20N2O5/c1-11-8-17(22)20-15-6-4-5-7-16(15)21(11)18(23)10-25-19(24)14-9-12(2)26-13(14)3/h4-7,9,11H,8,10H2,1-3H3,(H,20,22)/t11-/m0/s1. The van der Waals surface area contributed by atoms with Crippen molar-refractivity contribution in [2.24, 2.45) is 0 Å². The van der Waals surface area contributed by atoms with Crippen LogP contribution in [0.4, 0.5) is 11.4 Å². The Morgan fingerprint density at radius 1 is 1.31 bits per heavy atom. The molecule has 7 heteroatoms. The lowest BCUT2D eigenvalue weighted by molar-refractivity contribution is -0.122. The van der Waals surface area contributed by atoms with E-state index in [1.165, 1.54) is 4.90 Å². The molecule has 1 aliphatic rings. The van der Waals surface area contributed by atoms with Gasteiger partial charge in [-0.2, -0.15) is 0 Å². The van der Waals surface area contributed by atoms with Gasteiger partial charge in [0.15, 0.2) is 6.61 Å². The highest BCUT2D eigenvalue weighted by Crippen LogP contribution is 2.31. The van der Waals surface area contributed by atoms with Gasteiger partial charge in [0, 0.05) is 12.5 Å². The van der Waals surface area contributed by atoms with Crippen molar-refractivity contribution in [2.75, 3.05) is 16.8 Å². The maximum Gasteiger partial charge on any atom is 0.342 e. The number of amides is 2. The molecule has 0 unspecified atom stereocenters. The summed E-state index contributed by atoms with van der Waals surface area (Å²) < 4.78 is 10.5. The minimum atomic E-state index is -0.613. The Balaban J connectivity index is 1.77. The Kier molecular flexibility index (Phi) is 4.79. The van der Waals surface area contributed by atoms with Crippen molar-refractivity contribution in [3.63, 3.8) is 0 Å². The van der Waals surface area contributed by atoms with Gasteiger partial charge in [0.25, 0.3) is 5.91 Å². The summed E-state index contributed by atoms with van der Waals surface area (Å²) in [6.07, 6.45) is 0.161. The van der Waals surface area contributed by atoms with E-state index in [9.17, 15) is 14.4 Å². The van der Waals surface area contributed by atoms with Crippen LogP contribution in [-0.2, 0) is 14.3 Å². The van der Waals surface area contributed by atoms with Crippen molar-refractivity contribution in [1.29, 1.82) is 0 Å². The van der Waals surface area contributed by atoms with E-state index in [1.54, 1.807) is 51.1 Å². The van der Waals surface area contributed by atoms with Crippen molar-refractivity contribution in [2.45, 2.75) is 33.2 Å². The Hall–Kier alpha value is -3.09. The van der Waals surface area contributed by atoms with Gasteiger partial charge in [0.1, 0.15) is 17.1 Å². The zero-order chi connectivity index (χ0) is 18.8. The lowest BCUT2D eigenvalue weighted by Gasteiger charge is -2.27. The second-order valence-electron chi connectivity index (χ2n) is 6.29. The van der Waals surface area contributed by atoms with Crippen LogP contribution in [0.15, 0.2) is 34.7 Å². The molecule has 136 valence electrons. The average molecular weight is 356 g/mol. The summed E-state index contributed by atoms with van der Waals surface area (Å²) in [6, 6.07) is 8.27. The molecule has 0 aliphatic carbocycles. The molecule has 26 heavy (non-hydrogen) atoms. The van der Waals surface area contributed by atoms with Crippen LogP contribution in [0.25, 0.3) is 0 Å². The number of esters is 1. The summed E-state index contributed by atoms with van der Waals surface area (Å²) in [5, 5.41) is 2.79. The largest absolute Gasteiger partial charge is 0.466 e. The molecule has 2 aromatic rings. The number of anilines is 2. The molecule has 2 amide bonds. The molecule has 1 atom stereocenters. The van der Waals surface area contributed by atoms with E-state index in [2.05, 4.69) is 5.32 Å². The van der Waals surface area contributed by atoms with E-state index in [1.807, 2.05) is 0 Å². The van der Waals surface area contributed by atoms with Crippen LogP contribution in [0.5, 0.6) is 0 Å². The van der Waals surface area contributed by atoms with E-state index in [0.717, 1.165) is 0 Å². The van der Waals surface area contributed by atoms with E-state index < -0.39 is 18.5 Å². The average Bonchev–Trinajstić information content (AvgIpc) is 2.85. The summed E-state index contributed by atoms with van der Waals surface area (Å²) in [5.74, 6) is -0.129. The summed E-state index contributed by atoms with van der Waals surface area (Å²) in [5.41, 5.74) is 1.45. The molecular formula is C19H20N2O5. The molecule has 7 nitrogen and oxygen atoms in total. The fourth-order valence-corrected chi connectivity index (χ4v) is 3.08. The number of nitrogens with zero attached hydrogens (tertiary/aromatic N) is 1. The second kappa shape index (κ2) is 7.03. The fraction of sp³-hybridized carbons (Fsp3) is 0.316. The number of rotatable bonds is 3. The van der Waals surface area contributed by atoms with Gasteiger partial charge in [-0.05, 0) is 39.0 Å². The van der Waals surface area contributed by atoms with Crippen molar-refractivity contribution in [1.82, 2.24) is 0 Å². The maximum atomic E-state index is 12.7. The van der Waals surface area contributed by atoms with Crippen LogP contribution in [0.2, 0.25) is 0 Å². The van der Waals surface area contributed by atoms with Crippen molar-refractivity contribution in [3.8, 4) is 0 Å². The highest BCUT2D eigenvalue weighted by Gasteiger charge is 2.30. The highest BCUT2D eigenvalue weighted by atomic mass is 16.5. The van der Waals surface area contributed by atoms with E-state index in [4.69, 9.17) is 9.15 Å². The van der Waals surface area contributed by atoms with Crippen molar-refractivity contribution < 1.29 is 23.5 Å². The second-order valence-corrected chi connectivity index (χ2v) is 6.29. The molecule has 0 radical (unpaired) electrons. The number of hydrogen-bond donors (Lipinski definition) is 1. The predicted octanol–water partition coefficient (Wildman–Crippen LogP) is 2.82. The number of furan rings is 1. The quantitative estimate of drug-likeness (QED) is 0.854. The number of aryl methyl sites for hydroxylation is 2. The predicted molar refractivity (Wildman–Crippen MR) is 95.1 cm³/mol. The molecule has 3 rings (SSSR count). The van der Waals surface area contributed by atoms with Gasteiger partial charge < -0.3 is 19.4 Å². The number of hydrogen-bond acceptors (Lipinski definition) is 5. The van der Waals surface area contributed by atoms with Crippen LogP contribution >= 0.6 is 0 Å². The van der Waals surface area contributed by atoms with Gasteiger partial charge in [0.2, 0.25) is 5.91 Å². The number of benzene rings is 1. The number of carbonyl (C=O) groups excluding carboxylic acids is 3. The zero-order valence-electron chi connectivity index (χ0n) is 14.9. The number of fused-ring (bicyclic) bond motifs is 1. The monoisotopic (exact) mass is 356 g/mol. The van der Waals surface area contributed by atoms with Gasteiger partial charge in [-0.15, -0.1) is 0 Å². The molecule has 1 aromatic heterocycles. The number of nitrogens with one attached hydrogen (secondary N) is 1. The van der Waals surface area contributed by atoms with Gasteiger partial charge >= 0.3 is 5.97 Å². The molecule has 0 saturated heterocycles. The van der Waals surface area contributed by atoms with Crippen molar-refractivity contribution >= 4 is 29.2 Å². The van der Waals surface area contributed by atoms with Gasteiger partial charge in [0.05, 0.1) is 11.4 Å². The summed E-state index contributed by atoms with van der Waals surface area (Å²) >= 11 is 0. The Morgan fingerprint density at radius 2 is 2.04 bits per heavy atom. The molecule has 0 bridgehead atoms. The minimum absolute atomic E-state index is 0.161. The third-order valence-electron chi connectivity index (χ3n) is 4.22. The molecule has 1 aliphatic heterocycles. The molecular weight excluding hydrogens is 336 g/mol. The third kappa shape index (κ3) is 3.46. The van der Waals surface area contributed by atoms with E-state index in [-0.39, 0.29) is 18.4 Å². The lowest BCUT2D eigenvalue weighted by Crippen LogP contribution is -2.41. The van der Waals surface area contributed by atoms with Crippen LogP contribution in [-0.4, -0.2) is 30.4 Å². The molecule has 2 heterocycles. The van der Waals surface area contributed by atoms with Gasteiger partial charge in [-0.3, -0.25) is 9.59 Å². The first-order valence-electron chi connectivity index (χ1n) is 8.32. The molecule has 1 aromatic carbocycles. The first-order valence-corrected chi connectivity index (χ1v) is 8.32. The Bertz CT molecular complexity index is 871. The minimum Gasteiger partial charge on any atom is -0.466 e. The van der Waals surface area contributed by atoms with Crippen LogP contribution in [0.1, 0.15) is 35.2 Å². The first-order chi connectivity index (χ1) is 12.4. The SMILES string of the molecule is Cc1cc(C(=O)OCC(=O)N2c3ccccc3NC(=O)C[C@@H]2C)c(C)o1. The molecule has 0 spiro atoms. The van der Waals surface area contributed by atoms with E-state index >= 15 is 0 Å².